The topological polar surface area (TPSA) is 79.7 Å². The first-order valence-corrected chi connectivity index (χ1v) is 7.28. The van der Waals surface area contributed by atoms with Crippen molar-refractivity contribution in [1.29, 1.82) is 0 Å². The van der Waals surface area contributed by atoms with Crippen molar-refractivity contribution >= 4 is 5.97 Å². The lowest BCUT2D eigenvalue weighted by atomic mass is 10.2. The Labute approximate surface area is 132 Å². The molecule has 0 fully saturated rings. The van der Waals surface area contributed by atoms with E-state index in [9.17, 15) is 9.59 Å². The summed E-state index contributed by atoms with van der Waals surface area (Å²) < 4.78 is 17.1. The Bertz CT molecular complexity index is 813. The average molecular weight is 316 g/mol. The zero-order valence-corrected chi connectivity index (χ0v) is 12.9. The van der Waals surface area contributed by atoms with Crippen LogP contribution >= 0.6 is 0 Å². The number of aryl methyl sites for hydroxylation is 1. The predicted molar refractivity (Wildman–Crippen MR) is 81.5 cm³/mol. The summed E-state index contributed by atoms with van der Waals surface area (Å²) in [6, 6.07) is 6.49. The molecule has 120 valence electrons. The summed E-state index contributed by atoms with van der Waals surface area (Å²) in [5.74, 6) is 0.502. The molecule has 1 aromatic heterocycles. The van der Waals surface area contributed by atoms with Gasteiger partial charge in [0.25, 0.3) is 5.56 Å². The first-order chi connectivity index (χ1) is 11.1. The Morgan fingerprint density at radius 1 is 1.26 bits per heavy atom. The maximum Gasteiger partial charge on any atom is 0.343 e. The summed E-state index contributed by atoms with van der Waals surface area (Å²) in [7, 11) is 0. The molecule has 23 heavy (non-hydrogen) atoms. The van der Waals surface area contributed by atoms with E-state index in [1.54, 1.807) is 32.0 Å². The predicted octanol–water partition coefficient (Wildman–Crippen LogP) is 1.49. The molecule has 7 nitrogen and oxygen atoms in total. The van der Waals surface area contributed by atoms with Gasteiger partial charge in [0, 0.05) is 6.07 Å². The summed E-state index contributed by atoms with van der Waals surface area (Å²) in [6.07, 6.45) is 0. The molecule has 0 unspecified atom stereocenters. The third kappa shape index (κ3) is 2.90. The smallest absolute Gasteiger partial charge is 0.343 e. The van der Waals surface area contributed by atoms with Crippen LogP contribution in [0, 0.1) is 6.92 Å². The Balaban J connectivity index is 2.09. The van der Waals surface area contributed by atoms with E-state index in [4.69, 9.17) is 14.2 Å². The molecule has 3 rings (SSSR count). The third-order valence-corrected chi connectivity index (χ3v) is 3.30. The molecule has 0 N–H and O–H groups in total. The van der Waals surface area contributed by atoms with Crippen LogP contribution in [0.5, 0.6) is 11.5 Å². The first-order valence-electron chi connectivity index (χ1n) is 7.28. The first kappa shape index (κ1) is 15.1. The second-order valence-electron chi connectivity index (χ2n) is 4.96. The van der Waals surface area contributed by atoms with Crippen LogP contribution < -0.4 is 15.0 Å². The molecule has 2 heterocycles. The van der Waals surface area contributed by atoms with Crippen LogP contribution in [-0.4, -0.2) is 35.6 Å². The molecule has 0 saturated carbocycles. The number of nitrogens with zero attached hydrogens (tertiary/aromatic N) is 2. The van der Waals surface area contributed by atoms with Crippen molar-refractivity contribution in [2.45, 2.75) is 13.8 Å². The standard InChI is InChI=1S/C16H16N2O5/c1-3-21-16(20)12-8-10(2)17-18(15(12)19)11-4-5-13-14(9-11)23-7-6-22-13/h4-5,8-9H,3,6-7H2,1-2H3. The minimum absolute atomic E-state index is 0.0470. The van der Waals surface area contributed by atoms with Gasteiger partial charge in [-0.3, -0.25) is 4.79 Å². The SMILES string of the molecule is CCOC(=O)c1cc(C)nn(-c2ccc3c(c2)OCCO3)c1=O. The highest BCUT2D eigenvalue weighted by atomic mass is 16.6. The number of aromatic nitrogens is 2. The molecule has 1 aromatic carbocycles. The van der Waals surface area contributed by atoms with Gasteiger partial charge in [-0.15, -0.1) is 0 Å². The Kier molecular flexibility index (Phi) is 4.01. The van der Waals surface area contributed by atoms with Gasteiger partial charge < -0.3 is 14.2 Å². The molecule has 0 bridgehead atoms. The number of carbonyl (C=O) groups excluding carboxylic acids is 1. The maximum absolute atomic E-state index is 12.5. The van der Waals surface area contributed by atoms with E-state index in [2.05, 4.69) is 5.10 Å². The van der Waals surface area contributed by atoms with Crippen molar-refractivity contribution < 1.29 is 19.0 Å². The van der Waals surface area contributed by atoms with E-state index in [1.807, 2.05) is 0 Å². The van der Waals surface area contributed by atoms with Crippen LogP contribution in [-0.2, 0) is 4.74 Å². The van der Waals surface area contributed by atoms with Crippen LogP contribution in [0.3, 0.4) is 0 Å². The highest BCUT2D eigenvalue weighted by molar-refractivity contribution is 5.89. The van der Waals surface area contributed by atoms with Crippen molar-refractivity contribution in [3.63, 3.8) is 0 Å². The monoisotopic (exact) mass is 316 g/mol. The summed E-state index contributed by atoms with van der Waals surface area (Å²) in [6.45, 7) is 4.52. The molecule has 2 aromatic rings. The van der Waals surface area contributed by atoms with Gasteiger partial charge in [-0.05, 0) is 32.0 Å². The van der Waals surface area contributed by atoms with Gasteiger partial charge in [0.1, 0.15) is 18.8 Å². The fraction of sp³-hybridized carbons (Fsp3) is 0.312. The average Bonchev–Trinajstić information content (AvgIpc) is 2.56. The molecule has 7 heteroatoms. The molecule has 0 atom stereocenters. The lowest BCUT2D eigenvalue weighted by Gasteiger charge is -2.19. The van der Waals surface area contributed by atoms with Gasteiger partial charge in [-0.1, -0.05) is 0 Å². The quantitative estimate of drug-likeness (QED) is 0.798. The molecular formula is C16H16N2O5. The van der Waals surface area contributed by atoms with Gasteiger partial charge in [-0.25, -0.2) is 4.79 Å². The van der Waals surface area contributed by atoms with Crippen molar-refractivity contribution in [1.82, 2.24) is 9.78 Å². The number of benzene rings is 1. The van der Waals surface area contributed by atoms with Gasteiger partial charge in [-0.2, -0.15) is 9.78 Å². The molecule has 0 amide bonds. The molecule has 0 saturated heterocycles. The molecule has 0 aliphatic carbocycles. The Morgan fingerprint density at radius 3 is 2.74 bits per heavy atom. The third-order valence-electron chi connectivity index (χ3n) is 3.30. The van der Waals surface area contributed by atoms with Crippen LogP contribution in [0.2, 0.25) is 0 Å². The zero-order valence-electron chi connectivity index (χ0n) is 12.9. The molecular weight excluding hydrogens is 300 g/mol. The van der Waals surface area contributed by atoms with Gasteiger partial charge >= 0.3 is 5.97 Å². The van der Waals surface area contributed by atoms with Crippen LogP contribution in [0.4, 0.5) is 0 Å². The summed E-state index contributed by atoms with van der Waals surface area (Å²) >= 11 is 0. The van der Waals surface area contributed by atoms with E-state index < -0.39 is 11.5 Å². The van der Waals surface area contributed by atoms with Crippen LogP contribution in [0.15, 0.2) is 29.1 Å². The fourth-order valence-electron chi connectivity index (χ4n) is 2.31. The summed E-state index contributed by atoms with van der Waals surface area (Å²) in [4.78, 5) is 24.5. The Hall–Kier alpha value is -2.83. The minimum Gasteiger partial charge on any atom is -0.486 e. The highest BCUT2D eigenvalue weighted by Gasteiger charge is 2.18. The molecule has 0 radical (unpaired) electrons. The number of rotatable bonds is 3. The number of ether oxygens (including phenoxy) is 3. The summed E-state index contributed by atoms with van der Waals surface area (Å²) in [5, 5.41) is 4.20. The maximum atomic E-state index is 12.5. The second kappa shape index (κ2) is 6.12. The normalized spacial score (nSPS) is 12.8. The molecule has 0 spiro atoms. The fourth-order valence-corrected chi connectivity index (χ4v) is 2.31. The van der Waals surface area contributed by atoms with Crippen molar-refractivity contribution in [3.8, 4) is 17.2 Å². The second-order valence-corrected chi connectivity index (χ2v) is 4.96. The van der Waals surface area contributed by atoms with Crippen molar-refractivity contribution in [2.24, 2.45) is 0 Å². The van der Waals surface area contributed by atoms with Gasteiger partial charge in [0.2, 0.25) is 0 Å². The van der Waals surface area contributed by atoms with Gasteiger partial charge in [0.15, 0.2) is 11.5 Å². The van der Waals surface area contributed by atoms with Crippen molar-refractivity contribution in [3.05, 3.63) is 45.9 Å². The molecule has 1 aliphatic rings. The number of hydrogen-bond donors (Lipinski definition) is 0. The van der Waals surface area contributed by atoms with Crippen LogP contribution in [0.25, 0.3) is 5.69 Å². The summed E-state index contributed by atoms with van der Waals surface area (Å²) in [5.41, 5.74) is 0.441. The lowest BCUT2D eigenvalue weighted by molar-refractivity contribution is 0.0523. The number of esters is 1. The van der Waals surface area contributed by atoms with E-state index in [0.29, 0.717) is 36.1 Å². The minimum atomic E-state index is -0.658. The van der Waals surface area contributed by atoms with Gasteiger partial charge in [0.05, 0.1) is 18.0 Å². The Morgan fingerprint density at radius 2 is 2.00 bits per heavy atom. The van der Waals surface area contributed by atoms with E-state index in [-0.39, 0.29) is 12.2 Å². The number of fused-ring (bicyclic) bond motifs is 1. The highest BCUT2D eigenvalue weighted by Crippen LogP contribution is 2.31. The van der Waals surface area contributed by atoms with E-state index in [0.717, 1.165) is 0 Å². The lowest BCUT2D eigenvalue weighted by Crippen LogP contribution is -2.29. The van der Waals surface area contributed by atoms with Crippen LogP contribution in [0.1, 0.15) is 23.0 Å². The molecule has 1 aliphatic heterocycles. The number of hydrogen-bond acceptors (Lipinski definition) is 6. The van der Waals surface area contributed by atoms with E-state index >= 15 is 0 Å². The zero-order chi connectivity index (χ0) is 16.4. The van der Waals surface area contributed by atoms with E-state index in [1.165, 1.54) is 10.7 Å². The van der Waals surface area contributed by atoms with Crippen molar-refractivity contribution in [2.75, 3.05) is 19.8 Å². The number of carbonyl (C=O) groups is 1. The largest absolute Gasteiger partial charge is 0.486 e.